The van der Waals surface area contributed by atoms with Crippen molar-refractivity contribution in [3.8, 4) is 0 Å². The number of carbonyl (C=O) groups excluding carboxylic acids is 1. The molecule has 1 saturated heterocycles. The summed E-state index contributed by atoms with van der Waals surface area (Å²) in [6.45, 7) is 3.80. The molecule has 1 aliphatic rings. The van der Waals surface area contributed by atoms with Gasteiger partial charge in [-0.2, -0.15) is 0 Å². The summed E-state index contributed by atoms with van der Waals surface area (Å²) in [4.78, 5) is 19.5. The average Bonchev–Trinajstić information content (AvgIpc) is 2.22. The highest BCUT2D eigenvalue weighted by molar-refractivity contribution is 5.83. The van der Waals surface area contributed by atoms with E-state index < -0.39 is 0 Å². The first kappa shape index (κ1) is 10.7. The van der Waals surface area contributed by atoms with Gasteiger partial charge in [-0.15, -0.1) is 0 Å². The molecule has 0 bridgehead atoms. The summed E-state index contributed by atoms with van der Waals surface area (Å²) in [5, 5.41) is 0. The van der Waals surface area contributed by atoms with Crippen LogP contribution >= 0.6 is 0 Å². The van der Waals surface area contributed by atoms with E-state index in [-0.39, 0.29) is 5.91 Å². The lowest BCUT2D eigenvalue weighted by Crippen LogP contribution is -2.49. The molecule has 0 atom stereocenters. The fraction of sp³-hybridized carbons (Fsp3) is 0.455. The van der Waals surface area contributed by atoms with Gasteiger partial charge in [-0.1, -0.05) is 0 Å². The molecule has 1 aliphatic heterocycles. The van der Waals surface area contributed by atoms with E-state index in [1.807, 2.05) is 24.9 Å². The average molecular weight is 220 g/mol. The molecule has 1 fully saturated rings. The second-order valence-electron chi connectivity index (χ2n) is 4.16. The smallest absolute Gasteiger partial charge is 0.241 e. The fourth-order valence-corrected chi connectivity index (χ4v) is 1.79. The van der Waals surface area contributed by atoms with Gasteiger partial charge in [0.1, 0.15) is 0 Å². The summed E-state index contributed by atoms with van der Waals surface area (Å²) in [6.07, 6.45) is 1.77. The SMILES string of the molecule is Cc1cnc(N2CCN(C)C(=O)C2)c(N)c1. The van der Waals surface area contributed by atoms with Crippen LogP contribution in [0.1, 0.15) is 5.56 Å². The molecule has 0 aromatic carbocycles. The van der Waals surface area contributed by atoms with Gasteiger partial charge >= 0.3 is 0 Å². The third-order valence-corrected chi connectivity index (χ3v) is 2.79. The number of aromatic nitrogens is 1. The van der Waals surface area contributed by atoms with Crippen LogP contribution in [-0.4, -0.2) is 42.5 Å². The molecule has 1 amide bonds. The zero-order valence-corrected chi connectivity index (χ0v) is 9.60. The molecule has 1 aromatic rings. The monoisotopic (exact) mass is 220 g/mol. The molecule has 5 heteroatoms. The topological polar surface area (TPSA) is 62.5 Å². The Labute approximate surface area is 94.9 Å². The summed E-state index contributed by atoms with van der Waals surface area (Å²) < 4.78 is 0. The number of pyridine rings is 1. The Morgan fingerprint density at radius 1 is 1.44 bits per heavy atom. The second-order valence-corrected chi connectivity index (χ2v) is 4.16. The maximum Gasteiger partial charge on any atom is 0.241 e. The Morgan fingerprint density at radius 2 is 2.19 bits per heavy atom. The first-order valence-corrected chi connectivity index (χ1v) is 5.29. The third kappa shape index (κ3) is 1.93. The molecule has 2 heterocycles. The van der Waals surface area contributed by atoms with Crippen LogP contribution in [-0.2, 0) is 4.79 Å². The molecule has 2 N–H and O–H groups in total. The van der Waals surface area contributed by atoms with Crippen molar-refractivity contribution in [3.05, 3.63) is 17.8 Å². The van der Waals surface area contributed by atoms with Gasteiger partial charge in [0.15, 0.2) is 5.82 Å². The van der Waals surface area contributed by atoms with E-state index in [9.17, 15) is 4.79 Å². The van der Waals surface area contributed by atoms with E-state index >= 15 is 0 Å². The Bertz CT molecular complexity index is 418. The predicted molar refractivity (Wildman–Crippen MR) is 63.2 cm³/mol. The normalized spacial score (nSPS) is 16.8. The van der Waals surface area contributed by atoms with Crippen LogP contribution in [0, 0.1) is 6.92 Å². The van der Waals surface area contributed by atoms with Crippen LogP contribution in [0.25, 0.3) is 0 Å². The Morgan fingerprint density at radius 3 is 2.81 bits per heavy atom. The predicted octanol–water partition coefficient (Wildman–Crippen LogP) is 0.251. The molecule has 0 spiro atoms. The number of likely N-dealkylation sites (N-methyl/N-ethyl adjacent to an activating group) is 1. The molecular weight excluding hydrogens is 204 g/mol. The molecule has 0 radical (unpaired) electrons. The van der Waals surface area contributed by atoms with Crippen LogP contribution in [0.4, 0.5) is 11.5 Å². The van der Waals surface area contributed by atoms with E-state index in [4.69, 9.17) is 5.73 Å². The van der Waals surface area contributed by atoms with Gasteiger partial charge in [0.25, 0.3) is 0 Å². The summed E-state index contributed by atoms with van der Waals surface area (Å²) in [7, 11) is 1.81. The first-order valence-electron chi connectivity index (χ1n) is 5.29. The number of hydrogen-bond donors (Lipinski definition) is 1. The van der Waals surface area contributed by atoms with Crippen LogP contribution < -0.4 is 10.6 Å². The molecule has 0 unspecified atom stereocenters. The highest BCUT2D eigenvalue weighted by Gasteiger charge is 2.23. The molecule has 2 rings (SSSR count). The number of rotatable bonds is 1. The molecule has 5 nitrogen and oxygen atoms in total. The largest absolute Gasteiger partial charge is 0.396 e. The minimum Gasteiger partial charge on any atom is -0.396 e. The molecule has 1 aromatic heterocycles. The van der Waals surface area contributed by atoms with Crippen LogP contribution in [0.15, 0.2) is 12.3 Å². The first-order chi connectivity index (χ1) is 7.58. The van der Waals surface area contributed by atoms with Crippen LogP contribution in [0.2, 0.25) is 0 Å². The van der Waals surface area contributed by atoms with E-state index in [1.54, 1.807) is 11.1 Å². The van der Waals surface area contributed by atoms with Crippen molar-refractivity contribution < 1.29 is 4.79 Å². The van der Waals surface area contributed by atoms with Crippen molar-refractivity contribution in [3.63, 3.8) is 0 Å². The Balaban J connectivity index is 2.22. The third-order valence-electron chi connectivity index (χ3n) is 2.79. The standard InChI is InChI=1S/C11H16N4O/c1-8-5-9(12)11(13-6-8)15-4-3-14(2)10(16)7-15/h5-6H,3-4,7,12H2,1-2H3. The number of anilines is 2. The number of piperazine rings is 1. The minimum absolute atomic E-state index is 0.105. The molecule has 0 saturated carbocycles. The number of carbonyl (C=O) groups is 1. The second kappa shape index (κ2) is 4.00. The lowest BCUT2D eigenvalue weighted by atomic mass is 10.2. The summed E-state index contributed by atoms with van der Waals surface area (Å²) >= 11 is 0. The van der Waals surface area contributed by atoms with Crippen molar-refractivity contribution in [2.45, 2.75) is 6.92 Å². The van der Waals surface area contributed by atoms with E-state index in [2.05, 4.69) is 4.98 Å². The number of aryl methyl sites for hydroxylation is 1. The highest BCUT2D eigenvalue weighted by Crippen LogP contribution is 2.22. The van der Waals surface area contributed by atoms with Crippen molar-refractivity contribution in [2.75, 3.05) is 37.3 Å². The zero-order valence-electron chi connectivity index (χ0n) is 9.60. The van der Waals surface area contributed by atoms with Crippen molar-refractivity contribution >= 4 is 17.4 Å². The van der Waals surface area contributed by atoms with Crippen molar-refractivity contribution in [2.24, 2.45) is 0 Å². The number of nitrogens with two attached hydrogens (primary N) is 1. The number of amides is 1. The maximum absolute atomic E-state index is 11.6. The molecule has 86 valence electrons. The highest BCUT2D eigenvalue weighted by atomic mass is 16.2. The van der Waals surface area contributed by atoms with E-state index in [1.165, 1.54) is 0 Å². The fourth-order valence-electron chi connectivity index (χ4n) is 1.79. The summed E-state index contributed by atoms with van der Waals surface area (Å²) in [5.74, 6) is 0.820. The lowest BCUT2D eigenvalue weighted by Gasteiger charge is -2.33. The van der Waals surface area contributed by atoms with Gasteiger partial charge in [-0.05, 0) is 18.6 Å². The number of hydrogen-bond acceptors (Lipinski definition) is 4. The van der Waals surface area contributed by atoms with E-state index in [0.717, 1.165) is 12.1 Å². The maximum atomic E-state index is 11.6. The minimum atomic E-state index is 0.105. The Kier molecular flexibility index (Phi) is 2.68. The van der Waals surface area contributed by atoms with Crippen LogP contribution in [0.5, 0.6) is 0 Å². The lowest BCUT2D eigenvalue weighted by molar-refractivity contribution is -0.129. The quantitative estimate of drug-likeness (QED) is 0.737. The molecular formula is C11H16N4O. The number of nitrogen functional groups attached to an aromatic ring is 1. The summed E-state index contributed by atoms with van der Waals surface area (Å²) in [5.41, 5.74) is 7.57. The van der Waals surface area contributed by atoms with Crippen molar-refractivity contribution in [1.29, 1.82) is 0 Å². The van der Waals surface area contributed by atoms with Crippen molar-refractivity contribution in [1.82, 2.24) is 9.88 Å². The zero-order chi connectivity index (χ0) is 11.7. The van der Waals surface area contributed by atoms with Gasteiger partial charge in [0.2, 0.25) is 5.91 Å². The van der Waals surface area contributed by atoms with Gasteiger partial charge < -0.3 is 15.5 Å². The Hall–Kier alpha value is -1.78. The van der Waals surface area contributed by atoms with Gasteiger partial charge in [-0.3, -0.25) is 4.79 Å². The van der Waals surface area contributed by atoms with E-state index in [0.29, 0.717) is 24.6 Å². The number of nitrogens with zero attached hydrogens (tertiary/aromatic N) is 3. The molecule has 0 aliphatic carbocycles. The van der Waals surface area contributed by atoms with Crippen LogP contribution in [0.3, 0.4) is 0 Å². The summed E-state index contributed by atoms with van der Waals surface area (Å²) in [6, 6.07) is 1.88. The molecule has 16 heavy (non-hydrogen) atoms. The van der Waals surface area contributed by atoms with Gasteiger partial charge in [0.05, 0.1) is 12.2 Å². The van der Waals surface area contributed by atoms with Gasteiger partial charge in [0, 0.05) is 26.3 Å². The van der Waals surface area contributed by atoms with Gasteiger partial charge in [-0.25, -0.2) is 4.98 Å².